The number of likely N-dealkylation sites (N-methyl/N-ethyl adjacent to an activating group) is 1. The summed E-state index contributed by atoms with van der Waals surface area (Å²) < 4.78 is 5.40. The summed E-state index contributed by atoms with van der Waals surface area (Å²) in [6.07, 6.45) is 3.70. The molecule has 140 valence electrons. The third-order valence-corrected chi connectivity index (χ3v) is 4.70. The van der Waals surface area contributed by atoms with E-state index >= 15 is 0 Å². The Labute approximate surface area is 159 Å². The van der Waals surface area contributed by atoms with Crippen LogP contribution in [0.2, 0.25) is 0 Å². The molecule has 1 aliphatic heterocycles. The lowest BCUT2D eigenvalue weighted by atomic mass is 10.1. The van der Waals surface area contributed by atoms with E-state index in [0.717, 1.165) is 48.2 Å². The summed E-state index contributed by atoms with van der Waals surface area (Å²) in [4.78, 5) is 15.8. The van der Waals surface area contributed by atoms with E-state index in [1.165, 1.54) is 0 Å². The van der Waals surface area contributed by atoms with E-state index in [1.807, 2.05) is 37.5 Å². The lowest BCUT2D eigenvalue weighted by Crippen LogP contribution is -2.47. The average molecular weight is 364 g/mol. The van der Waals surface area contributed by atoms with E-state index in [1.54, 1.807) is 0 Å². The van der Waals surface area contributed by atoms with Gasteiger partial charge in [0.1, 0.15) is 0 Å². The highest BCUT2D eigenvalue weighted by molar-refractivity contribution is 5.84. The number of piperazine rings is 1. The Morgan fingerprint density at radius 1 is 1.00 bits per heavy atom. The fourth-order valence-electron chi connectivity index (χ4n) is 3.11. The average Bonchev–Trinajstić information content (AvgIpc) is 2.70. The van der Waals surface area contributed by atoms with Crippen LogP contribution in [-0.2, 0) is 0 Å². The zero-order chi connectivity index (χ0) is 18.6. The highest BCUT2D eigenvalue weighted by Gasteiger charge is 2.14. The van der Waals surface area contributed by atoms with Gasteiger partial charge in [-0.15, -0.1) is 0 Å². The molecule has 1 aliphatic rings. The summed E-state index contributed by atoms with van der Waals surface area (Å²) in [5, 5.41) is 3.17. The number of aromatic nitrogens is 3. The van der Waals surface area contributed by atoms with Crippen LogP contribution in [0, 0.1) is 0 Å². The first kappa shape index (κ1) is 17.6. The zero-order valence-corrected chi connectivity index (χ0v) is 15.7. The number of hydrazine groups is 1. The first-order valence-electron chi connectivity index (χ1n) is 9.27. The van der Waals surface area contributed by atoms with Crippen molar-refractivity contribution in [3.63, 3.8) is 0 Å². The Hall–Kier alpha value is -2.77. The number of pyridine rings is 1. The van der Waals surface area contributed by atoms with E-state index in [9.17, 15) is 0 Å². The number of fused-ring (bicyclic) bond motifs is 1. The molecule has 0 atom stereocenters. The quantitative estimate of drug-likeness (QED) is 0.746. The molecule has 1 fully saturated rings. The molecule has 2 aromatic heterocycles. The Morgan fingerprint density at radius 2 is 1.81 bits per heavy atom. The van der Waals surface area contributed by atoms with Gasteiger partial charge in [0, 0.05) is 55.6 Å². The molecule has 27 heavy (non-hydrogen) atoms. The Kier molecular flexibility index (Phi) is 5.13. The van der Waals surface area contributed by atoms with Crippen LogP contribution >= 0.6 is 0 Å². The normalized spacial score (nSPS) is 15.8. The molecule has 3 heterocycles. The van der Waals surface area contributed by atoms with Crippen molar-refractivity contribution < 1.29 is 4.74 Å². The summed E-state index contributed by atoms with van der Waals surface area (Å²) >= 11 is 0. The highest BCUT2D eigenvalue weighted by atomic mass is 16.5. The maximum Gasteiger partial charge on any atom is 0.238 e. The standard InChI is InChI=1S/C20H24N6O/c1-3-27-19-7-5-16(13-21-19)15-4-6-18-17(12-15)14-22-20(23-18)24-26-10-8-25(2)9-11-26/h4-7,12-14H,3,8-11H2,1-2H3,(H,22,23,24). The van der Waals surface area contributed by atoms with Crippen LogP contribution in [0.1, 0.15) is 6.92 Å². The summed E-state index contributed by atoms with van der Waals surface area (Å²) in [5.41, 5.74) is 6.37. The van der Waals surface area contributed by atoms with Crippen LogP contribution in [-0.4, -0.2) is 64.7 Å². The number of rotatable bonds is 5. The van der Waals surface area contributed by atoms with Gasteiger partial charge in [0.25, 0.3) is 0 Å². The van der Waals surface area contributed by atoms with E-state index in [4.69, 9.17) is 4.74 Å². The first-order valence-corrected chi connectivity index (χ1v) is 9.27. The summed E-state index contributed by atoms with van der Waals surface area (Å²) in [5.74, 6) is 1.28. The van der Waals surface area contributed by atoms with E-state index < -0.39 is 0 Å². The van der Waals surface area contributed by atoms with Gasteiger partial charge in [0.05, 0.1) is 12.1 Å². The second kappa shape index (κ2) is 7.85. The first-order chi connectivity index (χ1) is 13.2. The van der Waals surface area contributed by atoms with Crippen LogP contribution in [0.25, 0.3) is 22.0 Å². The van der Waals surface area contributed by atoms with E-state index in [0.29, 0.717) is 18.4 Å². The van der Waals surface area contributed by atoms with Gasteiger partial charge in [0.15, 0.2) is 0 Å². The van der Waals surface area contributed by atoms with Gasteiger partial charge in [-0.25, -0.2) is 20.0 Å². The van der Waals surface area contributed by atoms with Crippen molar-refractivity contribution in [3.05, 3.63) is 42.7 Å². The molecule has 0 spiro atoms. The molecule has 0 unspecified atom stereocenters. The number of anilines is 1. The Morgan fingerprint density at radius 3 is 2.56 bits per heavy atom. The van der Waals surface area contributed by atoms with Crippen molar-refractivity contribution in [1.29, 1.82) is 0 Å². The SMILES string of the molecule is CCOc1ccc(-c2ccc3nc(NN4CCN(C)CC4)ncc3c2)cn1. The largest absolute Gasteiger partial charge is 0.478 e. The lowest BCUT2D eigenvalue weighted by molar-refractivity contribution is 0.178. The molecule has 1 aromatic carbocycles. The van der Waals surface area contributed by atoms with Crippen LogP contribution in [0.3, 0.4) is 0 Å². The van der Waals surface area contributed by atoms with E-state index in [2.05, 4.69) is 49.5 Å². The molecule has 0 amide bonds. The molecule has 1 N–H and O–H groups in total. The van der Waals surface area contributed by atoms with Gasteiger partial charge >= 0.3 is 0 Å². The topological polar surface area (TPSA) is 66.4 Å². The van der Waals surface area contributed by atoms with Crippen LogP contribution in [0.4, 0.5) is 5.95 Å². The zero-order valence-electron chi connectivity index (χ0n) is 15.7. The summed E-state index contributed by atoms with van der Waals surface area (Å²) in [7, 11) is 2.14. The number of nitrogens with one attached hydrogen (secondary N) is 1. The van der Waals surface area contributed by atoms with Gasteiger partial charge < -0.3 is 9.64 Å². The fraction of sp³-hybridized carbons (Fsp3) is 0.350. The Balaban J connectivity index is 1.51. The van der Waals surface area contributed by atoms with Gasteiger partial charge in [-0.05, 0) is 37.7 Å². The van der Waals surface area contributed by atoms with Gasteiger partial charge in [-0.1, -0.05) is 6.07 Å². The monoisotopic (exact) mass is 364 g/mol. The second-order valence-electron chi connectivity index (χ2n) is 6.69. The van der Waals surface area contributed by atoms with Crippen LogP contribution in [0.5, 0.6) is 5.88 Å². The van der Waals surface area contributed by atoms with Crippen molar-refractivity contribution in [3.8, 4) is 17.0 Å². The van der Waals surface area contributed by atoms with Gasteiger partial charge in [0.2, 0.25) is 11.8 Å². The van der Waals surface area contributed by atoms with Crippen molar-refractivity contribution in [2.75, 3.05) is 45.3 Å². The van der Waals surface area contributed by atoms with Gasteiger partial charge in [-0.3, -0.25) is 5.43 Å². The molecular weight excluding hydrogens is 340 g/mol. The molecule has 4 rings (SSSR count). The molecule has 3 aromatic rings. The van der Waals surface area contributed by atoms with E-state index in [-0.39, 0.29) is 0 Å². The highest BCUT2D eigenvalue weighted by Crippen LogP contribution is 2.24. The molecule has 0 radical (unpaired) electrons. The van der Waals surface area contributed by atoms with Crippen LogP contribution in [0.15, 0.2) is 42.7 Å². The number of nitrogens with zero attached hydrogens (tertiary/aromatic N) is 5. The maximum atomic E-state index is 5.40. The minimum absolute atomic E-state index is 0.615. The van der Waals surface area contributed by atoms with Crippen molar-refractivity contribution >= 4 is 16.9 Å². The Bertz CT molecular complexity index is 906. The van der Waals surface area contributed by atoms with Gasteiger partial charge in [-0.2, -0.15) is 0 Å². The number of hydrogen-bond acceptors (Lipinski definition) is 7. The third-order valence-electron chi connectivity index (χ3n) is 4.70. The molecule has 7 heteroatoms. The smallest absolute Gasteiger partial charge is 0.238 e. The molecule has 7 nitrogen and oxygen atoms in total. The molecule has 0 aliphatic carbocycles. The minimum Gasteiger partial charge on any atom is -0.478 e. The third kappa shape index (κ3) is 4.15. The lowest BCUT2D eigenvalue weighted by Gasteiger charge is -2.32. The summed E-state index contributed by atoms with van der Waals surface area (Å²) in [6.45, 7) is 6.57. The molecular formula is C20H24N6O. The van der Waals surface area contributed by atoms with Crippen molar-refractivity contribution in [1.82, 2.24) is 24.9 Å². The predicted octanol–water partition coefficient (Wildman–Crippen LogP) is 2.66. The van der Waals surface area contributed by atoms with Crippen molar-refractivity contribution in [2.45, 2.75) is 6.92 Å². The number of hydrogen-bond donors (Lipinski definition) is 1. The fourth-order valence-corrected chi connectivity index (χ4v) is 3.11. The second-order valence-corrected chi connectivity index (χ2v) is 6.69. The van der Waals surface area contributed by atoms with Crippen LogP contribution < -0.4 is 10.2 Å². The molecule has 0 bridgehead atoms. The summed E-state index contributed by atoms with van der Waals surface area (Å²) in [6, 6.07) is 10.1. The minimum atomic E-state index is 0.615. The number of benzene rings is 1. The maximum absolute atomic E-state index is 5.40. The molecule has 1 saturated heterocycles. The van der Waals surface area contributed by atoms with Crippen molar-refractivity contribution in [2.24, 2.45) is 0 Å². The predicted molar refractivity (Wildman–Crippen MR) is 107 cm³/mol. The molecule has 0 saturated carbocycles. The number of ether oxygens (including phenoxy) is 1.